The van der Waals surface area contributed by atoms with E-state index >= 15 is 4.79 Å². The molecule has 105 heavy (non-hydrogen) atoms. The number of aliphatic hydroxyl groups excluding tert-OH is 17. The molecule has 4 saturated carbocycles. The number of aliphatic hydroxyl groups is 17. The van der Waals surface area contributed by atoms with Crippen molar-refractivity contribution in [3.63, 3.8) is 0 Å². The van der Waals surface area contributed by atoms with Gasteiger partial charge in [-0.25, -0.2) is 0 Å². The highest BCUT2D eigenvalue weighted by Gasteiger charge is 2.74. The van der Waals surface area contributed by atoms with Crippen molar-refractivity contribution in [2.45, 2.75) is 310 Å². The van der Waals surface area contributed by atoms with E-state index in [1.54, 1.807) is 0 Å². The number of fused-ring (bicyclic) bond motifs is 7. The summed E-state index contributed by atoms with van der Waals surface area (Å²) in [5.41, 5.74) is -6.07. The van der Waals surface area contributed by atoms with Gasteiger partial charge in [-0.15, -0.1) is 0 Å². The number of allylic oxidation sites excluding steroid dienone is 1. The van der Waals surface area contributed by atoms with Crippen LogP contribution in [0.15, 0.2) is 11.6 Å². The first-order valence-corrected chi connectivity index (χ1v) is 36.2. The second kappa shape index (κ2) is 31.2. The summed E-state index contributed by atoms with van der Waals surface area (Å²) in [5, 5.41) is 198. The molecule has 10 fully saturated rings. The standard InChI is InChI=1S/C69H108O36/c1-25-50(101-56-46(85)41(80)35(23-92-56)100-58-47(86)42(81)38(77)32(20-70)97-58)45(84)49(88)57(93-25)103-54-53(96-28(4)75)51(95-27(3)74)26(2)94-61(54)105-63(91)68-15-14-64(5,6)18-30(68)29-10-11-36-65(7)19-31(76)55(67(9,62(89)90)37(65)12-13-66(36,8)69(29,24-73)17-16-68)104-60-52(44(83)40(79)34(22-72)99-60)102-59-48(87)43(82)39(78)33(21-71)98-59/h10,25-26,30-61,70-73,76-88H,11-24H2,1-9H3,(H,89,90). The van der Waals surface area contributed by atoms with Crippen molar-refractivity contribution in [2.75, 3.05) is 33.0 Å². The number of hydrogen-bond acceptors (Lipinski definition) is 35. The predicted molar refractivity (Wildman–Crippen MR) is 343 cm³/mol. The van der Waals surface area contributed by atoms with E-state index in [2.05, 4.69) is 20.8 Å². The van der Waals surface area contributed by atoms with Gasteiger partial charge >= 0.3 is 23.9 Å². The molecule has 39 unspecified atom stereocenters. The molecule has 0 bridgehead atoms. The van der Waals surface area contributed by atoms with Crippen molar-refractivity contribution in [1.82, 2.24) is 0 Å². The van der Waals surface area contributed by atoms with Crippen molar-refractivity contribution in [2.24, 2.45) is 50.2 Å². The maximum atomic E-state index is 16.0. The van der Waals surface area contributed by atoms with Crippen LogP contribution in [0.3, 0.4) is 0 Å². The molecule has 6 saturated heterocycles. The van der Waals surface area contributed by atoms with Gasteiger partial charge in [-0.3, -0.25) is 19.2 Å². The molecule has 0 radical (unpaired) electrons. The van der Waals surface area contributed by atoms with Gasteiger partial charge in [0.15, 0.2) is 49.8 Å². The maximum Gasteiger partial charge on any atom is 0.315 e. The Morgan fingerprint density at radius 2 is 0.981 bits per heavy atom. The van der Waals surface area contributed by atoms with Crippen molar-refractivity contribution in [3.05, 3.63) is 11.6 Å². The number of carbonyl (C=O) groups is 4. The Hall–Kier alpha value is -3.50. The molecule has 36 nitrogen and oxygen atoms in total. The zero-order chi connectivity index (χ0) is 77.0. The minimum absolute atomic E-state index is 0.101. The lowest BCUT2D eigenvalue weighted by atomic mass is 9.33. The lowest BCUT2D eigenvalue weighted by molar-refractivity contribution is -0.382. The van der Waals surface area contributed by atoms with Crippen LogP contribution in [0.2, 0.25) is 0 Å². The Morgan fingerprint density at radius 3 is 1.56 bits per heavy atom. The average Bonchev–Trinajstić information content (AvgIpc) is 0.668. The predicted octanol–water partition coefficient (Wildman–Crippen LogP) is -5.54. The molecule has 6 aliphatic heterocycles. The van der Waals surface area contributed by atoms with E-state index in [0.29, 0.717) is 19.3 Å². The summed E-state index contributed by atoms with van der Waals surface area (Å²) in [4.78, 5) is 56.2. The van der Waals surface area contributed by atoms with E-state index in [4.69, 9.17) is 66.3 Å². The van der Waals surface area contributed by atoms with Crippen molar-refractivity contribution >= 4 is 23.9 Å². The number of rotatable bonds is 19. The third kappa shape index (κ3) is 14.4. The van der Waals surface area contributed by atoms with Crippen LogP contribution in [0.25, 0.3) is 0 Å². The molecular weight excluding hydrogens is 1400 g/mol. The Bertz CT molecular complexity index is 3090. The highest BCUT2D eigenvalue weighted by molar-refractivity contribution is 5.79. The van der Waals surface area contributed by atoms with Gasteiger partial charge in [-0.05, 0) is 113 Å². The number of carbonyl (C=O) groups excluding carboxylic acids is 3. The van der Waals surface area contributed by atoms with E-state index in [-0.39, 0.29) is 38.5 Å². The molecule has 5 aliphatic carbocycles. The van der Waals surface area contributed by atoms with Crippen LogP contribution in [-0.4, -0.2) is 339 Å². The Labute approximate surface area is 604 Å². The number of esters is 3. The molecule has 6 heterocycles. The summed E-state index contributed by atoms with van der Waals surface area (Å²) in [6.45, 7) is 11.0. The van der Waals surface area contributed by atoms with E-state index in [1.165, 1.54) is 20.8 Å². The topological polar surface area (TPSA) is 562 Å². The molecule has 39 atom stereocenters. The fourth-order valence-electron chi connectivity index (χ4n) is 19.9. The molecule has 0 spiro atoms. The molecule has 36 heteroatoms. The quantitative estimate of drug-likeness (QED) is 0.0248. The highest BCUT2D eigenvalue weighted by atomic mass is 16.8. The fraction of sp³-hybridized carbons (Fsp3) is 0.913. The van der Waals surface area contributed by atoms with Gasteiger partial charge in [0, 0.05) is 19.3 Å². The van der Waals surface area contributed by atoms with Gasteiger partial charge in [-0.1, -0.05) is 39.3 Å². The Morgan fingerprint density at radius 1 is 0.486 bits per heavy atom. The lowest BCUT2D eigenvalue weighted by Crippen LogP contribution is -2.71. The summed E-state index contributed by atoms with van der Waals surface area (Å²) < 4.78 is 83.7. The second-order valence-electron chi connectivity index (χ2n) is 32.4. The van der Waals surface area contributed by atoms with Crippen LogP contribution in [0, 0.1) is 50.2 Å². The van der Waals surface area contributed by atoms with E-state index in [9.17, 15) is 106 Å². The third-order valence-electron chi connectivity index (χ3n) is 25.8. The van der Waals surface area contributed by atoms with E-state index in [1.807, 2.05) is 13.0 Å². The SMILES string of the molecule is CC(=O)OC1C(C)OC(OC(=O)C23CCC(C)(C)CC2C2=CCC4C5(C)CC(O)C(OC6OC(CO)C(O)C(O)C6OC6OC(CO)C(O)C(O)C6O)C(C)(C(=O)O)C5CCC4(C)C2(CO)CC3)C(OC2OC(C)C(OC3OCC(OC4OC(CO)C(O)C(O)C4O)C(O)C3O)C(O)C2O)C1OC(C)=O. The number of carboxylic acids is 1. The summed E-state index contributed by atoms with van der Waals surface area (Å²) in [5.74, 6) is -5.88. The molecule has 0 amide bonds. The minimum atomic E-state index is -2.09. The number of carboxylic acid groups (broad SMARTS) is 1. The summed E-state index contributed by atoms with van der Waals surface area (Å²) in [7, 11) is 0. The summed E-state index contributed by atoms with van der Waals surface area (Å²) in [6, 6.07) is 0. The van der Waals surface area contributed by atoms with Crippen LogP contribution in [0.4, 0.5) is 0 Å². The largest absolute Gasteiger partial charge is 0.481 e. The molecule has 11 aliphatic rings. The number of hydrogen-bond donors (Lipinski definition) is 18. The van der Waals surface area contributed by atoms with Crippen LogP contribution in [0.5, 0.6) is 0 Å². The molecule has 600 valence electrons. The Balaban J connectivity index is 0.844. The first-order valence-electron chi connectivity index (χ1n) is 36.2. The highest BCUT2D eigenvalue weighted by Crippen LogP contribution is 2.76. The van der Waals surface area contributed by atoms with Gasteiger partial charge in [0.2, 0.25) is 6.29 Å². The maximum absolute atomic E-state index is 16.0. The molecule has 18 N–H and O–H groups in total. The average molecular weight is 1510 g/mol. The van der Waals surface area contributed by atoms with Gasteiger partial charge in [0.05, 0.1) is 62.2 Å². The van der Waals surface area contributed by atoms with Crippen molar-refractivity contribution in [3.8, 4) is 0 Å². The molecular formula is C69H108O36. The first-order chi connectivity index (χ1) is 49.2. The zero-order valence-electron chi connectivity index (χ0n) is 60.0. The van der Waals surface area contributed by atoms with Crippen LogP contribution in [0.1, 0.15) is 120 Å². The molecule has 0 aromatic rings. The fourth-order valence-corrected chi connectivity index (χ4v) is 19.9. The van der Waals surface area contributed by atoms with Crippen LogP contribution >= 0.6 is 0 Å². The van der Waals surface area contributed by atoms with Crippen LogP contribution in [-0.2, 0) is 85.5 Å². The summed E-state index contributed by atoms with van der Waals surface area (Å²) >= 11 is 0. The smallest absolute Gasteiger partial charge is 0.315 e. The number of ether oxygens (including phenoxy) is 14. The van der Waals surface area contributed by atoms with Gasteiger partial charge in [0.25, 0.3) is 0 Å². The second-order valence-corrected chi connectivity index (χ2v) is 32.4. The van der Waals surface area contributed by atoms with Crippen LogP contribution < -0.4 is 0 Å². The van der Waals surface area contributed by atoms with E-state index < -0.39 is 297 Å². The van der Waals surface area contributed by atoms with Crippen molar-refractivity contribution < 1.29 is 177 Å². The van der Waals surface area contributed by atoms with Gasteiger partial charge in [0.1, 0.15) is 116 Å². The Kier molecular flexibility index (Phi) is 24.5. The van der Waals surface area contributed by atoms with Gasteiger partial charge in [-0.2, -0.15) is 0 Å². The summed E-state index contributed by atoms with van der Waals surface area (Å²) in [6.07, 6.45) is -50.0. The number of aliphatic carboxylic acids is 1. The van der Waals surface area contributed by atoms with Gasteiger partial charge < -0.3 is 158 Å². The lowest BCUT2D eigenvalue weighted by Gasteiger charge is -2.71. The first kappa shape index (κ1) is 82.5. The van der Waals surface area contributed by atoms with E-state index in [0.717, 1.165) is 19.4 Å². The minimum Gasteiger partial charge on any atom is -0.481 e. The zero-order valence-corrected chi connectivity index (χ0v) is 60.0. The molecule has 0 aromatic carbocycles. The third-order valence-corrected chi connectivity index (χ3v) is 25.8. The normalized spacial score (nSPS) is 52.0. The van der Waals surface area contributed by atoms with Crippen molar-refractivity contribution in [1.29, 1.82) is 0 Å². The monoisotopic (exact) mass is 1510 g/mol. The molecule has 0 aromatic heterocycles. The molecule has 11 rings (SSSR count).